The van der Waals surface area contributed by atoms with E-state index in [9.17, 15) is 19.2 Å². The first-order valence-corrected chi connectivity index (χ1v) is 3.54. The van der Waals surface area contributed by atoms with Crippen molar-refractivity contribution in [2.75, 3.05) is 0 Å². The summed E-state index contributed by atoms with van der Waals surface area (Å²) in [4.78, 5) is 43.6. The van der Waals surface area contributed by atoms with Crippen LogP contribution in [0.25, 0.3) is 0 Å². The van der Waals surface area contributed by atoms with Gasteiger partial charge in [0.1, 0.15) is 0 Å². The maximum Gasteiger partial charge on any atom is 0.332 e. The number of hydrogen-bond donors (Lipinski definition) is 1. The van der Waals surface area contributed by atoms with Crippen LogP contribution in [0.1, 0.15) is 20.8 Å². The topological polar surface area (TPSA) is 88.5 Å². The molecule has 0 saturated heterocycles. The number of rotatable bonds is 4. The monoisotopic (exact) mass is 245 g/mol. The van der Waals surface area contributed by atoms with Gasteiger partial charge in [-0.25, -0.2) is 0 Å². The summed E-state index contributed by atoms with van der Waals surface area (Å²) in [6.07, 6.45) is 0. The summed E-state index contributed by atoms with van der Waals surface area (Å²) in [6.45, 7) is 2.74. The molecule has 1 radical (unpaired) electrons. The van der Waals surface area contributed by atoms with E-state index in [-0.39, 0.29) is 16.8 Å². The van der Waals surface area contributed by atoms with E-state index in [2.05, 4.69) is 0 Å². The minimum absolute atomic E-state index is 0. The van der Waals surface area contributed by atoms with Crippen molar-refractivity contribution in [3.8, 4) is 0 Å². The minimum Gasteiger partial charge on any atom is -0.480 e. The minimum atomic E-state index is -2.50. The second-order valence-electron chi connectivity index (χ2n) is 2.72. The van der Waals surface area contributed by atoms with E-state index >= 15 is 0 Å². The van der Waals surface area contributed by atoms with Crippen molar-refractivity contribution in [1.82, 2.24) is 0 Å². The third kappa shape index (κ3) is 2.07. The average Bonchev–Trinajstić information content (AvgIpc) is 1.82. The van der Waals surface area contributed by atoms with Gasteiger partial charge < -0.3 is 5.11 Å². The van der Waals surface area contributed by atoms with Gasteiger partial charge in [0.05, 0.1) is 0 Å². The van der Waals surface area contributed by atoms with E-state index in [1.54, 1.807) is 0 Å². The Morgan fingerprint density at radius 1 is 0.857 bits per heavy atom. The molecule has 0 bridgehead atoms. The number of ketones is 3. The number of carbonyl (C=O) groups is 4. The molecule has 0 aliphatic carbocycles. The van der Waals surface area contributed by atoms with Crippen LogP contribution < -0.4 is 0 Å². The van der Waals surface area contributed by atoms with E-state index in [1.807, 2.05) is 0 Å². The van der Waals surface area contributed by atoms with Crippen LogP contribution in [0.5, 0.6) is 0 Å². The molecule has 0 amide bonds. The number of aliphatic carboxylic acids is 1. The third-order valence-electron chi connectivity index (χ3n) is 1.91. The molecule has 5 nitrogen and oxygen atoms in total. The van der Waals surface area contributed by atoms with E-state index in [4.69, 9.17) is 5.11 Å². The molecule has 0 aromatic carbocycles. The molecule has 0 heterocycles. The van der Waals surface area contributed by atoms with Gasteiger partial charge in [-0.05, 0) is 20.8 Å². The maximum atomic E-state index is 11.0. The fourth-order valence-corrected chi connectivity index (χ4v) is 1.20. The first-order chi connectivity index (χ1) is 5.77. The van der Waals surface area contributed by atoms with Gasteiger partial charge in [0.2, 0.25) is 5.41 Å². The van der Waals surface area contributed by atoms with Crippen molar-refractivity contribution >= 4 is 23.3 Å². The van der Waals surface area contributed by atoms with Gasteiger partial charge in [0.15, 0.2) is 17.3 Å². The van der Waals surface area contributed by atoms with Gasteiger partial charge in [-0.1, -0.05) is 0 Å². The zero-order valence-corrected chi connectivity index (χ0v) is 8.95. The zero-order chi connectivity index (χ0) is 10.8. The Hall–Kier alpha value is -1.01. The van der Waals surface area contributed by atoms with Crippen molar-refractivity contribution in [1.29, 1.82) is 0 Å². The largest absolute Gasteiger partial charge is 0.480 e. The van der Waals surface area contributed by atoms with Crippen LogP contribution in [0, 0.1) is 5.41 Å². The van der Waals surface area contributed by atoms with Crippen LogP contribution >= 0.6 is 0 Å². The van der Waals surface area contributed by atoms with Gasteiger partial charge in [-0.3, -0.25) is 19.2 Å². The fraction of sp³-hybridized carbons (Fsp3) is 0.500. The smallest absolute Gasteiger partial charge is 0.332 e. The predicted octanol–water partition coefficient (Wildman–Crippen LogP) is -0.178. The van der Waals surface area contributed by atoms with Crippen molar-refractivity contribution in [2.24, 2.45) is 5.41 Å². The number of Topliss-reactive ketones (excluding diaryl/α,β-unsaturated/α-hetero) is 3. The Balaban J connectivity index is 0. The Morgan fingerprint density at radius 2 is 1.07 bits per heavy atom. The summed E-state index contributed by atoms with van der Waals surface area (Å²) < 4.78 is 0. The predicted molar refractivity (Wildman–Crippen MR) is 42.1 cm³/mol. The van der Waals surface area contributed by atoms with E-state index < -0.39 is 28.7 Å². The van der Waals surface area contributed by atoms with Gasteiger partial charge in [0.25, 0.3) is 0 Å². The molecule has 0 aromatic heterocycles. The summed E-state index contributed by atoms with van der Waals surface area (Å²) >= 11 is 0. The first kappa shape index (κ1) is 15.5. The van der Waals surface area contributed by atoms with Gasteiger partial charge >= 0.3 is 5.97 Å². The summed E-state index contributed by atoms with van der Waals surface area (Å²) in [5.74, 6) is -4.58. The molecule has 0 saturated carbocycles. The normalized spacial score (nSPS) is 9.93. The molecule has 0 atom stereocenters. The molecular weight excluding hydrogens is 235 g/mol. The van der Waals surface area contributed by atoms with Crippen LogP contribution in [0.2, 0.25) is 0 Å². The van der Waals surface area contributed by atoms with Gasteiger partial charge in [-0.15, -0.1) is 0 Å². The first-order valence-electron chi connectivity index (χ1n) is 3.54. The quantitative estimate of drug-likeness (QED) is 0.694. The molecule has 0 aliphatic heterocycles. The van der Waals surface area contributed by atoms with Crippen LogP contribution in [0.15, 0.2) is 0 Å². The summed E-state index contributed by atoms with van der Waals surface area (Å²) in [5.41, 5.74) is -2.50. The Bertz CT molecular complexity index is 233. The summed E-state index contributed by atoms with van der Waals surface area (Å²) in [5, 5.41) is 8.67. The molecule has 0 unspecified atom stereocenters. The molecule has 0 fully saturated rings. The van der Waals surface area contributed by atoms with E-state index in [0.717, 1.165) is 20.8 Å². The molecule has 1 N–H and O–H groups in total. The van der Waals surface area contributed by atoms with Gasteiger partial charge in [0, 0.05) is 16.8 Å². The number of carbonyl (C=O) groups excluding carboxylic acids is 3. The van der Waals surface area contributed by atoms with Crippen molar-refractivity contribution in [3.05, 3.63) is 0 Å². The molecule has 0 aliphatic rings. The Kier molecular flexibility index (Phi) is 5.54. The number of carboxylic acid groups (broad SMARTS) is 1. The van der Waals surface area contributed by atoms with Crippen LogP contribution in [-0.4, -0.2) is 28.4 Å². The fourth-order valence-electron chi connectivity index (χ4n) is 1.20. The second-order valence-corrected chi connectivity index (χ2v) is 2.72. The van der Waals surface area contributed by atoms with Crippen LogP contribution in [-0.2, 0) is 36.0 Å². The molecule has 81 valence electrons. The molecule has 14 heavy (non-hydrogen) atoms. The Labute approximate surface area is 91.1 Å². The van der Waals surface area contributed by atoms with Gasteiger partial charge in [-0.2, -0.15) is 0 Å². The third-order valence-corrected chi connectivity index (χ3v) is 1.91. The molecule has 0 aromatic rings. The molecule has 0 spiro atoms. The van der Waals surface area contributed by atoms with Crippen molar-refractivity contribution < 1.29 is 41.1 Å². The SMILES string of the molecule is CC(=O)C(C(C)=O)(C(C)=O)C(=O)O.[Co]. The Morgan fingerprint density at radius 3 is 1.07 bits per heavy atom. The number of carboxylic acids is 1. The number of hydrogen-bond acceptors (Lipinski definition) is 4. The van der Waals surface area contributed by atoms with Crippen molar-refractivity contribution in [3.63, 3.8) is 0 Å². The molecule has 6 heteroatoms. The van der Waals surface area contributed by atoms with E-state index in [1.165, 1.54) is 0 Å². The molecule has 0 rings (SSSR count). The zero-order valence-electron chi connectivity index (χ0n) is 7.91. The summed E-state index contributed by atoms with van der Waals surface area (Å²) in [6, 6.07) is 0. The van der Waals surface area contributed by atoms with Crippen LogP contribution in [0.3, 0.4) is 0 Å². The standard InChI is InChI=1S/C8H10O5.Co/c1-4(9)8(5(2)10,6(3)11)7(12)13;/h1-3H3,(H,12,13);. The maximum absolute atomic E-state index is 11.0. The van der Waals surface area contributed by atoms with Crippen LogP contribution in [0.4, 0.5) is 0 Å². The second kappa shape index (κ2) is 5.01. The van der Waals surface area contributed by atoms with Crippen molar-refractivity contribution in [2.45, 2.75) is 20.8 Å². The van der Waals surface area contributed by atoms with E-state index in [0.29, 0.717) is 0 Å². The summed E-state index contributed by atoms with van der Waals surface area (Å²) in [7, 11) is 0. The average molecular weight is 245 g/mol. The molecular formula is C8H10CoO5.